The fourth-order valence-corrected chi connectivity index (χ4v) is 3.01. The number of aliphatic imine (C=N–C) groups is 1. The van der Waals surface area contributed by atoms with Crippen LogP contribution in [0.15, 0.2) is 27.8 Å². The number of nitrogens with zero attached hydrogens (tertiary/aromatic N) is 2. The Hall–Kier alpha value is -1.57. The quantitative estimate of drug-likeness (QED) is 0.395. The lowest BCUT2D eigenvalue weighted by Gasteiger charge is -2.34. The topological polar surface area (TPSA) is 79.5 Å². The second-order valence-electron chi connectivity index (χ2n) is 6.82. The second kappa shape index (κ2) is 10.5. The van der Waals surface area contributed by atoms with Gasteiger partial charge in [0.15, 0.2) is 5.96 Å². The number of rotatable bonds is 9. The Bertz CT molecular complexity index is 523. The minimum atomic E-state index is -1.12. The van der Waals surface area contributed by atoms with E-state index in [2.05, 4.69) is 15.2 Å². The Morgan fingerprint density at radius 1 is 1.42 bits per heavy atom. The van der Waals surface area contributed by atoms with Crippen LogP contribution in [0.1, 0.15) is 38.9 Å². The van der Waals surface area contributed by atoms with Crippen molar-refractivity contribution < 1.29 is 19.0 Å². The number of guanidine groups is 1. The molecule has 7 nitrogen and oxygen atoms in total. The molecule has 0 saturated carbocycles. The van der Waals surface area contributed by atoms with Crippen LogP contribution in [0.25, 0.3) is 0 Å². The van der Waals surface area contributed by atoms with E-state index in [1.807, 2.05) is 6.92 Å². The van der Waals surface area contributed by atoms with E-state index in [0.29, 0.717) is 11.9 Å². The molecule has 1 atom stereocenters. The number of methoxy groups -OCH3 is 1. The summed E-state index contributed by atoms with van der Waals surface area (Å²) in [5.41, 5.74) is -1.12. The smallest absolute Gasteiger partial charge is 0.194 e. The highest BCUT2D eigenvalue weighted by molar-refractivity contribution is 5.80. The monoisotopic (exact) mass is 367 g/mol. The summed E-state index contributed by atoms with van der Waals surface area (Å²) >= 11 is 0. The summed E-state index contributed by atoms with van der Waals surface area (Å²) in [6.07, 6.45) is 4.76. The van der Waals surface area contributed by atoms with Crippen molar-refractivity contribution in [1.82, 2.24) is 10.2 Å². The van der Waals surface area contributed by atoms with Crippen LogP contribution in [0.5, 0.6) is 0 Å². The van der Waals surface area contributed by atoms with E-state index in [0.717, 1.165) is 58.1 Å². The largest absolute Gasteiger partial charge is 0.466 e. The van der Waals surface area contributed by atoms with Gasteiger partial charge in [-0.2, -0.15) is 0 Å². The molecule has 0 bridgehead atoms. The zero-order chi connectivity index (χ0) is 18.8. The molecule has 1 aromatic rings. The summed E-state index contributed by atoms with van der Waals surface area (Å²) in [5, 5.41) is 13.9. The molecule has 1 aliphatic heterocycles. The lowest BCUT2D eigenvalue weighted by Crippen LogP contribution is -2.47. The van der Waals surface area contributed by atoms with E-state index in [1.54, 1.807) is 32.4 Å². The van der Waals surface area contributed by atoms with Crippen molar-refractivity contribution in [3.8, 4) is 0 Å². The van der Waals surface area contributed by atoms with Crippen LogP contribution in [0, 0.1) is 0 Å². The summed E-state index contributed by atoms with van der Waals surface area (Å²) < 4.78 is 16.3. The van der Waals surface area contributed by atoms with Crippen LogP contribution in [0.4, 0.5) is 0 Å². The molecule has 0 spiro atoms. The Kier molecular flexibility index (Phi) is 8.41. The van der Waals surface area contributed by atoms with Crippen LogP contribution >= 0.6 is 0 Å². The van der Waals surface area contributed by atoms with Gasteiger partial charge in [-0.05, 0) is 45.2 Å². The van der Waals surface area contributed by atoms with Crippen LogP contribution in [0.3, 0.4) is 0 Å². The van der Waals surface area contributed by atoms with Gasteiger partial charge < -0.3 is 29.2 Å². The molecule has 1 fully saturated rings. The molecular weight excluding hydrogens is 334 g/mol. The van der Waals surface area contributed by atoms with Gasteiger partial charge in [-0.1, -0.05) is 0 Å². The zero-order valence-electron chi connectivity index (χ0n) is 16.2. The maximum atomic E-state index is 10.6. The van der Waals surface area contributed by atoms with Crippen molar-refractivity contribution in [1.29, 1.82) is 0 Å². The number of ether oxygens (including phenoxy) is 2. The van der Waals surface area contributed by atoms with E-state index in [-0.39, 0.29) is 6.54 Å². The first-order valence-electron chi connectivity index (χ1n) is 9.47. The average molecular weight is 367 g/mol. The Morgan fingerprint density at radius 2 is 2.19 bits per heavy atom. The average Bonchev–Trinajstić information content (AvgIpc) is 3.19. The molecule has 1 aromatic heterocycles. The molecule has 148 valence electrons. The lowest BCUT2D eigenvalue weighted by molar-refractivity contribution is 0.00959. The maximum Gasteiger partial charge on any atom is 0.194 e. The summed E-state index contributed by atoms with van der Waals surface area (Å²) in [4.78, 5) is 6.87. The third kappa shape index (κ3) is 6.30. The Labute approximate surface area is 156 Å². The highest BCUT2D eigenvalue weighted by Gasteiger charge is 2.27. The van der Waals surface area contributed by atoms with E-state index in [1.165, 1.54) is 0 Å². The molecular formula is C19H33N3O4. The molecule has 7 heteroatoms. The third-order valence-electron chi connectivity index (χ3n) is 4.51. The van der Waals surface area contributed by atoms with Crippen molar-refractivity contribution >= 4 is 5.96 Å². The van der Waals surface area contributed by atoms with Gasteiger partial charge in [0.2, 0.25) is 0 Å². The van der Waals surface area contributed by atoms with Crippen molar-refractivity contribution in [2.45, 2.75) is 44.8 Å². The highest BCUT2D eigenvalue weighted by Crippen LogP contribution is 2.21. The molecule has 1 saturated heterocycles. The van der Waals surface area contributed by atoms with Gasteiger partial charge in [0, 0.05) is 40.0 Å². The van der Waals surface area contributed by atoms with Gasteiger partial charge in [-0.3, -0.25) is 0 Å². The Balaban J connectivity index is 1.85. The first-order valence-corrected chi connectivity index (χ1v) is 9.47. The molecule has 1 unspecified atom stereocenters. The van der Waals surface area contributed by atoms with Gasteiger partial charge in [0.05, 0.1) is 18.9 Å². The first-order chi connectivity index (χ1) is 12.6. The number of nitrogens with one attached hydrogen (secondary N) is 1. The van der Waals surface area contributed by atoms with E-state index >= 15 is 0 Å². The number of aliphatic hydroxyl groups is 1. The second-order valence-corrected chi connectivity index (χ2v) is 6.82. The van der Waals surface area contributed by atoms with Crippen LogP contribution in [0.2, 0.25) is 0 Å². The number of furan rings is 1. The summed E-state index contributed by atoms with van der Waals surface area (Å²) in [5.74, 6) is 1.36. The van der Waals surface area contributed by atoms with Crippen molar-refractivity contribution in [3.63, 3.8) is 0 Å². The zero-order valence-corrected chi connectivity index (χ0v) is 16.2. The SMILES string of the molecule is CCNC(=NCC(C)(O)c1ccco1)N1CCC(OCCCOC)CC1. The predicted molar refractivity (Wildman–Crippen MR) is 101 cm³/mol. The molecule has 26 heavy (non-hydrogen) atoms. The van der Waals surface area contributed by atoms with E-state index in [4.69, 9.17) is 13.9 Å². The predicted octanol–water partition coefficient (Wildman–Crippen LogP) is 1.97. The molecule has 0 aromatic carbocycles. The molecule has 2 heterocycles. The molecule has 0 amide bonds. The minimum Gasteiger partial charge on any atom is -0.466 e. The van der Waals surface area contributed by atoms with Gasteiger partial charge in [0.1, 0.15) is 11.4 Å². The normalized spacial score (nSPS) is 18.8. The molecule has 0 aliphatic carbocycles. The summed E-state index contributed by atoms with van der Waals surface area (Å²) in [7, 11) is 1.71. The summed E-state index contributed by atoms with van der Waals surface area (Å²) in [6.45, 7) is 8.08. The van der Waals surface area contributed by atoms with Crippen molar-refractivity contribution in [2.24, 2.45) is 4.99 Å². The van der Waals surface area contributed by atoms with Crippen LogP contribution < -0.4 is 5.32 Å². The van der Waals surface area contributed by atoms with Gasteiger partial charge in [-0.25, -0.2) is 4.99 Å². The minimum absolute atomic E-state index is 0.246. The standard InChI is InChI=1S/C19H33N3O4/c1-4-20-18(21-15-19(2,23)17-7-5-13-26-17)22-10-8-16(9-11-22)25-14-6-12-24-3/h5,7,13,16,23H,4,6,8-12,14-15H2,1-3H3,(H,20,21). The van der Waals surface area contributed by atoms with Crippen LogP contribution in [-0.2, 0) is 15.1 Å². The molecule has 2 rings (SSSR count). The number of likely N-dealkylation sites (tertiary alicyclic amines) is 1. The maximum absolute atomic E-state index is 10.6. The van der Waals surface area contributed by atoms with Gasteiger partial charge in [-0.15, -0.1) is 0 Å². The third-order valence-corrected chi connectivity index (χ3v) is 4.51. The van der Waals surface area contributed by atoms with E-state index in [9.17, 15) is 5.11 Å². The van der Waals surface area contributed by atoms with Crippen molar-refractivity contribution in [2.75, 3.05) is 46.5 Å². The lowest BCUT2D eigenvalue weighted by atomic mass is 10.0. The first kappa shape index (κ1) is 20.7. The molecule has 0 radical (unpaired) electrons. The van der Waals surface area contributed by atoms with E-state index < -0.39 is 5.60 Å². The highest BCUT2D eigenvalue weighted by atomic mass is 16.5. The fraction of sp³-hybridized carbons (Fsp3) is 0.737. The molecule has 1 aliphatic rings. The fourth-order valence-electron chi connectivity index (χ4n) is 3.01. The van der Waals surface area contributed by atoms with Gasteiger partial charge in [0.25, 0.3) is 0 Å². The van der Waals surface area contributed by atoms with Crippen molar-refractivity contribution in [3.05, 3.63) is 24.2 Å². The van der Waals surface area contributed by atoms with Gasteiger partial charge >= 0.3 is 0 Å². The Morgan fingerprint density at radius 3 is 2.81 bits per heavy atom. The van der Waals surface area contributed by atoms with Crippen LogP contribution in [-0.4, -0.2) is 68.6 Å². The molecule has 2 N–H and O–H groups in total. The number of hydrogen-bond donors (Lipinski definition) is 2. The summed E-state index contributed by atoms with van der Waals surface area (Å²) in [6, 6.07) is 3.55. The number of piperidine rings is 1. The number of hydrogen-bond acceptors (Lipinski definition) is 5.